The Hall–Kier alpha value is -1.59. The molecule has 0 fully saturated rings. The number of esters is 3. The molecule has 0 saturated heterocycles. The third kappa shape index (κ3) is 51.4. The van der Waals surface area contributed by atoms with Crippen molar-refractivity contribution in [2.24, 2.45) is 0 Å². The lowest BCUT2D eigenvalue weighted by molar-refractivity contribution is -0.167. The van der Waals surface area contributed by atoms with E-state index >= 15 is 0 Å². The largest absolute Gasteiger partial charge is 0.462 e. The molecule has 0 spiro atoms. The first-order valence-electron chi connectivity index (χ1n) is 29.0. The molecular formula is C58H112O6. The van der Waals surface area contributed by atoms with Crippen LogP contribution in [0, 0.1) is 0 Å². The first-order valence-corrected chi connectivity index (χ1v) is 29.0. The van der Waals surface area contributed by atoms with Crippen molar-refractivity contribution >= 4 is 17.9 Å². The molecule has 0 aromatic carbocycles. The fourth-order valence-corrected chi connectivity index (χ4v) is 8.98. The summed E-state index contributed by atoms with van der Waals surface area (Å²) in [5.74, 6) is -0.858. The molecule has 0 amide bonds. The van der Waals surface area contributed by atoms with Crippen LogP contribution in [0.3, 0.4) is 0 Å². The third-order valence-electron chi connectivity index (χ3n) is 13.4. The first kappa shape index (κ1) is 62.4. The second kappa shape index (κ2) is 54.0. The van der Waals surface area contributed by atoms with E-state index < -0.39 is 6.10 Å². The van der Waals surface area contributed by atoms with Gasteiger partial charge in [0.2, 0.25) is 0 Å². The van der Waals surface area contributed by atoms with Crippen LogP contribution in [-0.2, 0) is 28.6 Å². The van der Waals surface area contributed by atoms with Crippen LogP contribution in [-0.4, -0.2) is 37.2 Å². The Morgan fingerprint density at radius 3 is 0.625 bits per heavy atom. The number of unbranched alkanes of at least 4 members (excludes halogenated alkanes) is 43. The fourth-order valence-electron chi connectivity index (χ4n) is 8.98. The van der Waals surface area contributed by atoms with Crippen LogP contribution in [0.1, 0.15) is 335 Å². The van der Waals surface area contributed by atoms with Gasteiger partial charge in [-0.2, -0.15) is 0 Å². The summed E-state index contributed by atoms with van der Waals surface area (Å²) in [6.07, 6.45) is 60.3. The van der Waals surface area contributed by atoms with Gasteiger partial charge in [-0.1, -0.05) is 297 Å². The summed E-state index contributed by atoms with van der Waals surface area (Å²) >= 11 is 0. The lowest BCUT2D eigenvalue weighted by Gasteiger charge is -2.18. The zero-order valence-corrected chi connectivity index (χ0v) is 43.6. The second-order valence-electron chi connectivity index (χ2n) is 19.9. The van der Waals surface area contributed by atoms with E-state index in [1.165, 1.54) is 231 Å². The lowest BCUT2D eigenvalue weighted by atomic mass is 10.0. The summed E-state index contributed by atoms with van der Waals surface area (Å²) < 4.78 is 16.7. The molecule has 0 rings (SSSR count). The van der Waals surface area contributed by atoms with Gasteiger partial charge in [-0.25, -0.2) is 0 Å². The number of hydrogen-bond acceptors (Lipinski definition) is 6. The molecule has 0 saturated carbocycles. The smallest absolute Gasteiger partial charge is 0.306 e. The van der Waals surface area contributed by atoms with E-state index in [1.54, 1.807) is 0 Å². The lowest BCUT2D eigenvalue weighted by Crippen LogP contribution is -2.30. The highest BCUT2D eigenvalue weighted by molar-refractivity contribution is 5.71. The van der Waals surface area contributed by atoms with Crippen molar-refractivity contribution in [2.75, 3.05) is 13.2 Å². The van der Waals surface area contributed by atoms with Gasteiger partial charge in [-0.3, -0.25) is 14.4 Å². The van der Waals surface area contributed by atoms with Crippen molar-refractivity contribution < 1.29 is 28.6 Å². The molecule has 1 unspecified atom stereocenters. The van der Waals surface area contributed by atoms with Crippen molar-refractivity contribution in [3.8, 4) is 0 Å². The average molecular weight is 906 g/mol. The Labute approximate surface area is 399 Å². The van der Waals surface area contributed by atoms with E-state index in [0.29, 0.717) is 19.3 Å². The van der Waals surface area contributed by atoms with Crippen LogP contribution in [0.25, 0.3) is 0 Å². The van der Waals surface area contributed by atoms with Gasteiger partial charge < -0.3 is 14.2 Å². The summed E-state index contributed by atoms with van der Waals surface area (Å²) in [6.45, 7) is 6.60. The van der Waals surface area contributed by atoms with Crippen molar-refractivity contribution in [3.63, 3.8) is 0 Å². The van der Waals surface area contributed by atoms with Crippen LogP contribution in [0.4, 0.5) is 0 Å². The molecule has 0 aliphatic carbocycles. The zero-order chi connectivity index (χ0) is 46.5. The Bertz CT molecular complexity index is 951. The third-order valence-corrected chi connectivity index (χ3v) is 13.4. The summed E-state index contributed by atoms with van der Waals surface area (Å²) in [7, 11) is 0. The second-order valence-corrected chi connectivity index (χ2v) is 19.9. The monoisotopic (exact) mass is 905 g/mol. The van der Waals surface area contributed by atoms with Crippen molar-refractivity contribution in [1.82, 2.24) is 0 Å². The molecule has 6 heteroatoms. The Morgan fingerprint density at radius 2 is 0.422 bits per heavy atom. The van der Waals surface area contributed by atoms with E-state index in [-0.39, 0.29) is 31.1 Å². The Kier molecular flexibility index (Phi) is 52.7. The van der Waals surface area contributed by atoms with Crippen molar-refractivity contribution in [3.05, 3.63) is 0 Å². The summed E-state index contributed by atoms with van der Waals surface area (Å²) in [5.41, 5.74) is 0. The van der Waals surface area contributed by atoms with Crippen LogP contribution >= 0.6 is 0 Å². The highest BCUT2D eigenvalue weighted by Gasteiger charge is 2.19. The minimum Gasteiger partial charge on any atom is -0.462 e. The number of carbonyl (C=O) groups excluding carboxylic acids is 3. The Morgan fingerprint density at radius 1 is 0.250 bits per heavy atom. The number of rotatable bonds is 54. The predicted octanol–water partition coefficient (Wildman–Crippen LogP) is 19.2. The van der Waals surface area contributed by atoms with Gasteiger partial charge in [0.1, 0.15) is 13.2 Å². The highest BCUT2D eigenvalue weighted by Crippen LogP contribution is 2.18. The number of carbonyl (C=O) groups is 3. The molecule has 0 aliphatic heterocycles. The molecule has 0 radical (unpaired) electrons. The topological polar surface area (TPSA) is 78.9 Å². The SMILES string of the molecule is CCCCCCCCCCCCCCCCCCCCCCCCCCCCCCCCC(=O)OCC(COC(=O)CCCCCCC)OC(=O)CCCCCCCCCCCCC. The highest BCUT2D eigenvalue weighted by atomic mass is 16.6. The molecule has 380 valence electrons. The maximum atomic E-state index is 12.7. The van der Waals surface area contributed by atoms with Gasteiger partial charge >= 0.3 is 17.9 Å². The van der Waals surface area contributed by atoms with Gasteiger partial charge in [0.05, 0.1) is 0 Å². The van der Waals surface area contributed by atoms with Gasteiger partial charge in [0.15, 0.2) is 6.10 Å². The zero-order valence-electron chi connectivity index (χ0n) is 43.6. The number of ether oxygens (including phenoxy) is 3. The quantitative estimate of drug-likeness (QED) is 0.0344. The minimum atomic E-state index is -0.758. The molecule has 64 heavy (non-hydrogen) atoms. The summed E-state index contributed by atoms with van der Waals surface area (Å²) in [5, 5.41) is 0. The molecule has 6 nitrogen and oxygen atoms in total. The maximum Gasteiger partial charge on any atom is 0.306 e. The van der Waals surface area contributed by atoms with Gasteiger partial charge in [0, 0.05) is 19.3 Å². The van der Waals surface area contributed by atoms with E-state index in [4.69, 9.17) is 14.2 Å². The fraction of sp³-hybridized carbons (Fsp3) is 0.948. The van der Waals surface area contributed by atoms with E-state index in [0.717, 1.165) is 64.2 Å². The Balaban J connectivity index is 3.83. The molecule has 1 atom stereocenters. The normalized spacial score (nSPS) is 11.9. The van der Waals surface area contributed by atoms with Crippen LogP contribution in [0.15, 0.2) is 0 Å². The molecule has 0 aromatic heterocycles. The minimum absolute atomic E-state index is 0.0633. The van der Waals surface area contributed by atoms with Crippen LogP contribution < -0.4 is 0 Å². The maximum absolute atomic E-state index is 12.7. The average Bonchev–Trinajstić information content (AvgIpc) is 3.29. The van der Waals surface area contributed by atoms with Gasteiger partial charge in [0.25, 0.3) is 0 Å². The van der Waals surface area contributed by atoms with Crippen molar-refractivity contribution in [1.29, 1.82) is 0 Å². The predicted molar refractivity (Wildman–Crippen MR) is 275 cm³/mol. The number of hydrogen-bond donors (Lipinski definition) is 0. The molecule has 0 heterocycles. The molecular weight excluding hydrogens is 793 g/mol. The standard InChI is InChI=1S/C58H112O6/c1-4-7-10-13-15-17-19-20-21-22-23-24-25-26-27-28-29-30-31-32-33-34-35-36-37-39-40-42-45-48-51-57(60)63-54-55(53-62-56(59)50-47-44-12-9-6-3)64-58(61)52-49-46-43-41-38-18-16-14-11-8-5-2/h55H,4-54H2,1-3H3. The molecule has 0 aromatic rings. The van der Waals surface area contributed by atoms with E-state index in [2.05, 4.69) is 20.8 Å². The van der Waals surface area contributed by atoms with Gasteiger partial charge in [-0.15, -0.1) is 0 Å². The summed E-state index contributed by atoms with van der Waals surface area (Å²) in [6, 6.07) is 0. The van der Waals surface area contributed by atoms with Crippen LogP contribution in [0.5, 0.6) is 0 Å². The first-order chi connectivity index (χ1) is 31.5. The van der Waals surface area contributed by atoms with Gasteiger partial charge in [-0.05, 0) is 19.3 Å². The molecule has 0 bridgehead atoms. The molecule has 0 N–H and O–H groups in total. The molecule has 0 aliphatic rings. The van der Waals surface area contributed by atoms with E-state index in [9.17, 15) is 14.4 Å². The van der Waals surface area contributed by atoms with E-state index in [1.807, 2.05) is 0 Å². The summed E-state index contributed by atoms with van der Waals surface area (Å²) in [4.78, 5) is 37.6. The van der Waals surface area contributed by atoms with Crippen molar-refractivity contribution in [2.45, 2.75) is 341 Å². The van der Waals surface area contributed by atoms with Crippen LogP contribution in [0.2, 0.25) is 0 Å².